The molecule has 0 fully saturated rings. The number of fused-ring (bicyclic) bond motifs is 3. The quantitative estimate of drug-likeness (QED) is 0.0961. The molecule has 0 saturated carbocycles. The highest BCUT2D eigenvalue weighted by Gasteiger charge is 2.21. The van der Waals surface area contributed by atoms with Crippen LogP contribution in [0.3, 0.4) is 0 Å². The molecule has 382 valence electrons. The van der Waals surface area contributed by atoms with Crippen molar-refractivity contribution >= 4 is 34.4 Å². The summed E-state index contributed by atoms with van der Waals surface area (Å²) in [6.45, 7) is 19.4. The average Bonchev–Trinajstić information content (AvgIpc) is 3.82. The molecule has 0 spiro atoms. The molecule has 0 aliphatic heterocycles. The minimum Gasteiger partial charge on any atom is -0.456 e. The van der Waals surface area contributed by atoms with Crippen LogP contribution in [0, 0.1) is 32.1 Å². The van der Waals surface area contributed by atoms with Crippen LogP contribution in [0.25, 0.3) is 62.1 Å². The Kier molecular flexibility index (Phi) is 20.4. The van der Waals surface area contributed by atoms with Crippen molar-refractivity contribution in [3.63, 3.8) is 0 Å². The molecule has 2 unspecified atom stereocenters. The molecular weight excluding hydrogens is 907 g/mol. The molecule has 2 heteroatoms. The van der Waals surface area contributed by atoms with E-state index in [1.54, 1.807) is 0 Å². The molecule has 2 aliphatic carbocycles. The number of aryl methyl sites for hydroxylation is 5. The second-order valence-corrected chi connectivity index (χ2v) is 20.4. The van der Waals surface area contributed by atoms with Gasteiger partial charge in [-0.2, -0.15) is 0 Å². The van der Waals surface area contributed by atoms with Gasteiger partial charge in [0.15, 0.2) is 0 Å². The molecule has 10 rings (SSSR count). The number of hydrogen-bond donors (Lipinski definition) is 1. The molecule has 7 aromatic carbocycles. The van der Waals surface area contributed by atoms with Gasteiger partial charge in [0.05, 0.1) is 0 Å². The van der Waals surface area contributed by atoms with E-state index in [1.165, 1.54) is 102 Å². The zero-order chi connectivity index (χ0) is 53.1. The van der Waals surface area contributed by atoms with E-state index < -0.39 is 0 Å². The van der Waals surface area contributed by atoms with E-state index in [-0.39, 0.29) is 0 Å². The van der Waals surface area contributed by atoms with E-state index in [1.807, 2.05) is 13.0 Å². The molecule has 0 amide bonds. The van der Waals surface area contributed by atoms with Crippen LogP contribution < -0.4 is 0 Å². The molecule has 1 aromatic heterocycles. The van der Waals surface area contributed by atoms with Gasteiger partial charge < -0.3 is 9.83 Å². The molecule has 1 N–H and O–H groups in total. The number of benzene rings is 7. The zero-order valence-corrected chi connectivity index (χ0v) is 46.2. The van der Waals surface area contributed by atoms with Crippen molar-refractivity contribution in [3.8, 4) is 33.4 Å². The van der Waals surface area contributed by atoms with Crippen LogP contribution in [0.4, 0.5) is 0 Å². The van der Waals surface area contributed by atoms with Gasteiger partial charge >= 0.3 is 0 Å². The van der Waals surface area contributed by atoms with Gasteiger partial charge in [-0.1, -0.05) is 247 Å². The lowest BCUT2D eigenvalue weighted by atomic mass is 9.90. The van der Waals surface area contributed by atoms with Gasteiger partial charge in [-0.05, 0) is 168 Å². The SMILES string of the molecule is CC(=N)C1=CCC(C)C=C1.CC/C=C(/C=C/c1ccc(C)cc1)c1ccccc1.CCCc1ccc(-c2ccc(C)cc2)cc1-c1ccccc1C.CCCc1ccc(-c2ccc3oc4c(c3c2)C(C)CC=C4)cc1. The van der Waals surface area contributed by atoms with E-state index in [2.05, 4.69) is 262 Å². The molecular formula is C73H79NO. The van der Waals surface area contributed by atoms with E-state index in [4.69, 9.17) is 9.83 Å². The van der Waals surface area contributed by atoms with Gasteiger partial charge in [0.25, 0.3) is 0 Å². The minimum absolute atomic E-state index is 0.526. The van der Waals surface area contributed by atoms with Crippen molar-refractivity contribution in [1.82, 2.24) is 0 Å². The molecule has 2 nitrogen and oxygen atoms in total. The van der Waals surface area contributed by atoms with Gasteiger partial charge in [-0.3, -0.25) is 0 Å². The maximum Gasteiger partial charge on any atom is 0.135 e. The summed E-state index contributed by atoms with van der Waals surface area (Å²) in [7, 11) is 0. The number of nitrogens with one attached hydrogen (secondary N) is 1. The molecule has 8 aromatic rings. The van der Waals surface area contributed by atoms with Crippen LogP contribution in [-0.2, 0) is 12.8 Å². The molecule has 0 saturated heterocycles. The van der Waals surface area contributed by atoms with Crippen molar-refractivity contribution in [2.75, 3.05) is 0 Å². The average molecular weight is 986 g/mol. The summed E-state index contributed by atoms with van der Waals surface area (Å²) in [6, 6.07) is 59.1. The van der Waals surface area contributed by atoms with Gasteiger partial charge in [0, 0.05) is 16.7 Å². The van der Waals surface area contributed by atoms with E-state index in [0.717, 1.165) is 49.0 Å². The van der Waals surface area contributed by atoms with Crippen molar-refractivity contribution in [2.45, 2.75) is 113 Å². The summed E-state index contributed by atoms with van der Waals surface area (Å²) in [5.74, 6) is 2.22. The fraction of sp³-hybridized carbons (Fsp3) is 0.247. The van der Waals surface area contributed by atoms with E-state index in [0.29, 0.717) is 17.5 Å². The molecule has 1 heterocycles. The van der Waals surface area contributed by atoms with Crippen LogP contribution in [-0.4, -0.2) is 5.71 Å². The number of rotatable bonds is 12. The van der Waals surface area contributed by atoms with Crippen LogP contribution in [0.5, 0.6) is 0 Å². The molecule has 0 bridgehead atoms. The third-order valence-corrected chi connectivity index (χ3v) is 14.1. The highest BCUT2D eigenvalue weighted by Crippen LogP contribution is 2.39. The van der Waals surface area contributed by atoms with Crippen molar-refractivity contribution < 1.29 is 4.42 Å². The second-order valence-electron chi connectivity index (χ2n) is 20.4. The minimum atomic E-state index is 0.526. The first-order valence-electron chi connectivity index (χ1n) is 27.5. The molecule has 2 aliphatic rings. The Balaban J connectivity index is 0.000000151. The third-order valence-electron chi connectivity index (χ3n) is 14.1. The fourth-order valence-corrected chi connectivity index (χ4v) is 9.71. The van der Waals surface area contributed by atoms with Crippen molar-refractivity contribution in [3.05, 3.63) is 256 Å². The molecule has 0 radical (unpaired) electrons. The summed E-state index contributed by atoms with van der Waals surface area (Å²) >= 11 is 0. The van der Waals surface area contributed by atoms with Crippen LogP contribution in [0.1, 0.15) is 130 Å². The normalized spacial score (nSPS) is 14.7. The lowest BCUT2D eigenvalue weighted by Gasteiger charge is -2.14. The predicted octanol–water partition coefficient (Wildman–Crippen LogP) is 21.2. The summed E-state index contributed by atoms with van der Waals surface area (Å²) in [5, 5.41) is 8.61. The van der Waals surface area contributed by atoms with E-state index >= 15 is 0 Å². The Morgan fingerprint density at radius 2 is 1.25 bits per heavy atom. The summed E-state index contributed by atoms with van der Waals surface area (Å²) < 4.78 is 6.02. The van der Waals surface area contributed by atoms with Crippen molar-refractivity contribution in [2.24, 2.45) is 5.92 Å². The second kappa shape index (κ2) is 27.7. The van der Waals surface area contributed by atoms with Crippen molar-refractivity contribution in [1.29, 1.82) is 5.41 Å². The molecule has 75 heavy (non-hydrogen) atoms. The maximum absolute atomic E-state index is 7.34. The zero-order valence-electron chi connectivity index (χ0n) is 46.2. The summed E-state index contributed by atoms with van der Waals surface area (Å²) in [6.07, 6.45) is 25.2. The predicted molar refractivity (Wildman–Crippen MR) is 328 cm³/mol. The van der Waals surface area contributed by atoms with Crippen LogP contribution in [0.2, 0.25) is 0 Å². The lowest BCUT2D eigenvalue weighted by molar-refractivity contribution is 0.586. The molecule has 2 atom stereocenters. The first-order chi connectivity index (χ1) is 36.4. The van der Waals surface area contributed by atoms with Gasteiger partial charge in [0.2, 0.25) is 0 Å². The van der Waals surface area contributed by atoms with Crippen LogP contribution in [0.15, 0.2) is 210 Å². The highest BCUT2D eigenvalue weighted by molar-refractivity contribution is 5.98. The Morgan fingerprint density at radius 1 is 0.627 bits per heavy atom. The van der Waals surface area contributed by atoms with Gasteiger partial charge in [0.1, 0.15) is 11.3 Å². The fourth-order valence-electron chi connectivity index (χ4n) is 9.71. The lowest BCUT2D eigenvalue weighted by Crippen LogP contribution is -1.99. The standard InChI is InChI=1S/C23H24.C22H22O.C19H20.C9H13N/c1-4-7-20-14-15-21(19-12-10-17(2)11-13-19)16-23(20)22-9-6-5-8-18(22)3;1-3-5-16-8-10-17(11-9-16)18-12-13-20-19(14-18)22-15(2)6-4-7-21(22)23-20;1-3-7-18(19-8-5-4-6-9-19)15-14-17-12-10-16(2)11-13-17;1-7-3-5-9(6-4-7)8(2)10/h5-6,8-16H,4,7H2,1-3H3;4,7-15H,3,5-6H2,1-2H3;4-15H,3H2,1-2H3;3,5-7,10H,4H2,1-2H3/b;;15-14+,18-7-;. The Hall–Kier alpha value is -7.55. The first-order valence-corrected chi connectivity index (χ1v) is 27.5. The van der Waals surface area contributed by atoms with Crippen LogP contribution >= 0.6 is 0 Å². The number of allylic oxidation sites excluding steroid dienone is 8. The topological polar surface area (TPSA) is 37.0 Å². The number of hydrogen-bond acceptors (Lipinski definition) is 2. The van der Waals surface area contributed by atoms with Gasteiger partial charge in [-0.15, -0.1) is 0 Å². The first kappa shape index (κ1) is 55.2. The van der Waals surface area contributed by atoms with Gasteiger partial charge in [-0.25, -0.2) is 0 Å². The summed E-state index contributed by atoms with van der Waals surface area (Å²) in [4.78, 5) is 0. The Morgan fingerprint density at radius 3 is 1.89 bits per heavy atom. The smallest absolute Gasteiger partial charge is 0.135 e. The third kappa shape index (κ3) is 15.5. The highest BCUT2D eigenvalue weighted by atomic mass is 16.3. The maximum atomic E-state index is 7.34. The number of furan rings is 1. The Labute approximate surface area is 450 Å². The largest absolute Gasteiger partial charge is 0.456 e. The Bertz CT molecular complexity index is 3260. The van der Waals surface area contributed by atoms with E-state index in [9.17, 15) is 0 Å². The summed E-state index contributed by atoms with van der Waals surface area (Å²) in [5.41, 5.74) is 22.6. The monoisotopic (exact) mass is 986 g/mol.